The maximum Gasteiger partial charge on any atom is 0.418 e. The number of ether oxygens (including phenoxy) is 1. The molecule has 8 rings (SSSR count). The van der Waals surface area contributed by atoms with Crippen LogP contribution in [0.2, 0.25) is 0 Å². The fourth-order valence-electron chi connectivity index (χ4n) is 8.38. The van der Waals surface area contributed by atoms with Crippen molar-refractivity contribution in [3.05, 3.63) is 102 Å². The van der Waals surface area contributed by atoms with E-state index in [-0.39, 0.29) is 45.4 Å². The molecule has 2 aliphatic heterocycles. The van der Waals surface area contributed by atoms with Gasteiger partial charge in [0.05, 0.1) is 33.8 Å². The van der Waals surface area contributed by atoms with E-state index in [1.165, 1.54) is 23.1 Å². The summed E-state index contributed by atoms with van der Waals surface area (Å²) in [6.07, 6.45) is -3.96. The minimum Gasteiger partial charge on any atom is -0.483 e. The normalized spacial score (nSPS) is 26.8. The van der Waals surface area contributed by atoms with Crippen molar-refractivity contribution in [1.82, 2.24) is 4.98 Å². The third-order valence-electron chi connectivity index (χ3n) is 10.2. The van der Waals surface area contributed by atoms with Gasteiger partial charge < -0.3 is 15.0 Å². The molecule has 2 saturated carbocycles. The zero-order valence-electron chi connectivity index (χ0n) is 25.6. The van der Waals surface area contributed by atoms with Crippen molar-refractivity contribution in [1.29, 1.82) is 0 Å². The number of imide groups is 1. The second kappa shape index (κ2) is 11.9. The predicted octanol–water partition coefficient (Wildman–Crippen LogP) is 7.22. The number of halogens is 4. The summed E-state index contributed by atoms with van der Waals surface area (Å²) in [7, 11) is 0. The van der Waals surface area contributed by atoms with Crippen molar-refractivity contribution >= 4 is 68.1 Å². The van der Waals surface area contributed by atoms with Gasteiger partial charge in [-0.3, -0.25) is 24.1 Å². The molecule has 0 unspecified atom stereocenters. The molecule has 1 aromatic heterocycles. The summed E-state index contributed by atoms with van der Waals surface area (Å²) in [6.45, 7) is 1.37. The van der Waals surface area contributed by atoms with Crippen LogP contribution >= 0.6 is 39.0 Å². The van der Waals surface area contributed by atoms with E-state index < -0.39 is 42.0 Å². The molecule has 3 amide bonds. The number of nitrogens with zero attached hydrogens (tertiary/aromatic N) is 1. The van der Waals surface area contributed by atoms with Crippen LogP contribution in [-0.4, -0.2) is 34.6 Å². The quantitative estimate of drug-likeness (QED) is 0.201. The molecule has 1 saturated heterocycles. The Morgan fingerprint density at radius 3 is 2.47 bits per heavy atom. The van der Waals surface area contributed by atoms with Gasteiger partial charge in [-0.2, -0.15) is 13.2 Å². The average molecular weight is 771 g/mol. The van der Waals surface area contributed by atoms with Crippen LogP contribution < -0.4 is 19.8 Å². The Labute approximate surface area is 294 Å². The number of amides is 3. The molecule has 3 fully saturated rings. The van der Waals surface area contributed by atoms with Crippen LogP contribution in [0.3, 0.4) is 0 Å². The lowest BCUT2D eigenvalue weighted by atomic mass is 9.68. The first-order chi connectivity index (χ1) is 23.4. The first-order valence-corrected chi connectivity index (χ1v) is 18.1. The molecule has 7 atom stereocenters. The van der Waals surface area contributed by atoms with E-state index in [1.54, 1.807) is 36.0 Å². The number of aryl methyl sites for hydroxylation is 1. The highest BCUT2D eigenvalue weighted by atomic mass is 79.9. The van der Waals surface area contributed by atoms with E-state index in [2.05, 4.69) is 26.2 Å². The van der Waals surface area contributed by atoms with E-state index in [9.17, 15) is 32.3 Å². The van der Waals surface area contributed by atoms with Crippen LogP contribution in [0.4, 0.5) is 24.5 Å². The van der Waals surface area contributed by atoms with Gasteiger partial charge in [0.2, 0.25) is 11.8 Å². The molecule has 252 valence electrons. The van der Waals surface area contributed by atoms with Gasteiger partial charge in [-0.1, -0.05) is 57.1 Å². The van der Waals surface area contributed by atoms with Gasteiger partial charge in [0, 0.05) is 26.1 Å². The highest BCUT2D eigenvalue weighted by molar-refractivity contribution is 9.10. The molecule has 8 nitrogen and oxygen atoms in total. The number of fused-ring (bicyclic) bond motifs is 9. The summed E-state index contributed by atoms with van der Waals surface area (Å²) in [5, 5.41) is 2.96. The minimum absolute atomic E-state index is 0.0716. The lowest BCUT2D eigenvalue weighted by Gasteiger charge is -2.43. The number of para-hydroxylation sites is 1. The molecule has 4 aromatic rings. The summed E-state index contributed by atoms with van der Waals surface area (Å²) in [5.74, 6) is -2.57. The summed E-state index contributed by atoms with van der Waals surface area (Å²) in [4.78, 5) is 58.5. The standard InChI is InChI=1S/C35H27BrF3N3O5S2/c1-15-6-9-17(10-7-15)42-32(44)27-19-13-20(28(27)33(42)45)29-26(19)25(30-31(48-29)41-34(46)49-30)18-12-16(36)8-11-23(18)47-14-24(43)40-22-5-3-2-4-21(22)35(37,38)39/h2-12,19-20,25-29H,13-14H2,1H3,(H,40,43)(H,41,46)/t19-,20-,25+,26-,27+,28+,29-/m1/s1. The van der Waals surface area contributed by atoms with Crippen LogP contribution in [0.1, 0.15) is 33.9 Å². The Morgan fingerprint density at radius 2 is 1.73 bits per heavy atom. The molecular formula is C35H27BrF3N3O5S2. The summed E-state index contributed by atoms with van der Waals surface area (Å²) < 4.78 is 47.4. The van der Waals surface area contributed by atoms with Crippen LogP contribution in [-0.2, 0) is 20.6 Å². The molecule has 2 aliphatic carbocycles. The van der Waals surface area contributed by atoms with Crippen molar-refractivity contribution in [3.8, 4) is 5.75 Å². The maximum absolute atomic E-state index is 14.1. The zero-order chi connectivity index (χ0) is 34.4. The summed E-state index contributed by atoms with van der Waals surface area (Å²) >= 11 is 6.20. The van der Waals surface area contributed by atoms with E-state index in [0.29, 0.717) is 28.4 Å². The number of aromatic amines is 1. The van der Waals surface area contributed by atoms with Gasteiger partial charge in [-0.15, -0.1) is 11.8 Å². The van der Waals surface area contributed by atoms with Crippen LogP contribution in [0.15, 0.2) is 81.0 Å². The van der Waals surface area contributed by atoms with Gasteiger partial charge >= 0.3 is 11.0 Å². The first-order valence-electron chi connectivity index (χ1n) is 15.6. The fourth-order valence-corrected chi connectivity index (χ4v) is 11.6. The second-order valence-electron chi connectivity index (χ2n) is 12.9. The Bertz CT molecular complexity index is 2080. The average Bonchev–Trinajstić information content (AvgIpc) is 3.79. The van der Waals surface area contributed by atoms with Crippen molar-refractivity contribution < 1.29 is 32.3 Å². The number of thiazole rings is 1. The van der Waals surface area contributed by atoms with E-state index >= 15 is 0 Å². The van der Waals surface area contributed by atoms with Crippen molar-refractivity contribution in [2.45, 2.75) is 35.7 Å². The van der Waals surface area contributed by atoms with Gasteiger partial charge in [0.25, 0.3) is 5.91 Å². The van der Waals surface area contributed by atoms with Crippen LogP contribution in [0.5, 0.6) is 5.75 Å². The molecule has 0 spiro atoms. The van der Waals surface area contributed by atoms with Crippen molar-refractivity contribution in [2.75, 3.05) is 16.8 Å². The lowest BCUT2D eigenvalue weighted by molar-refractivity contribution is -0.137. The Hall–Kier alpha value is -3.88. The number of alkyl halides is 3. The highest BCUT2D eigenvalue weighted by Crippen LogP contribution is 2.69. The van der Waals surface area contributed by atoms with Crippen LogP contribution in [0.25, 0.3) is 0 Å². The van der Waals surface area contributed by atoms with Gasteiger partial charge in [0.1, 0.15) is 5.75 Å². The van der Waals surface area contributed by atoms with Gasteiger partial charge in [-0.05, 0) is 73.6 Å². The van der Waals surface area contributed by atoms with Crippen molar-refractivity contribution in [3.63, 3.8) is 0 Å². The Kier molecular flexibility index (Phi) is 7.83. The Morgan fingerprint density at radius 1 is 1.02 bits per heavy atom. The SMILES string of the molecule is Cc1ccc(N2C(=O)[C@H]3[C@H]4C[C@@H]([C@@H]3C2=O)[C@@H]2[C@H](c3cc(Br)ccc3OCC(=O)Nc3ccccc3C(F)(F)F)c3sc(=O)[nH]c3S[C@H]42)cc1. The minimum atomic E-state index is -4.66. The topological polar surface area (TPSA) is 109 Å². The van der Waals surface area contributed by atoms with E-state index in [1.807, 2.05) is 25.1 Å². The third kappa shape index (κ3) is 5.34. The fraction of sp³-hybridized carbons (Fsp3) is 0.314. The number of H-pyrrole nitrogens is 1. The number of nitrogens with one attached hydrogen (secondary N) is 2. The second-order valence-corrected chi connectivity index (χ2v) is 16.0. The monoisotopic (exact) mass is 769 g/mol. The molecule has 49 heavy (non-hydrogen) atoms. The van der Waals surface area contributed by atoms with Crippen molar-refractivity contribution in [2.24, 2.45) is 29.6 Å². The third-order valence-corrected chi connectivity index (χ3v) is 13.3. The van der Waals surface area contributed by atoms with E-state index in [4.69, 9.17) is 4.74 Å². The molecule has 3 heterocycles. The maximum atomic E-state index is 14.1. The zero-order valence-corrected chi connectivity index (χ0v) is 28.8. The number of hydrogen-bond donors (Lipinski definition) is 2. The highest BCUT2D eigenvalue weighted by Gasteiger charge is 2.70. The Balaban J connectivity index is 1.12. The number of benzene rings is 3. The number of anilines is 2. The van der Waals surface area contributed by atoms with Gasteiger partial charge in [0.15, 0.2) is 6.61 Å². The van der Waals surface area contributed by atoms with Crippen LogP contribution in [0, 0.1) is 36.5 Å². The number of aromatic nitrogens is 1. The molecule has 2 bridgehead atoms. The number of rotatable bonds is 6. The molecule has 14 heteroatoms. The molecule has 0 radical (unpaired) electrons. The number of hydrogen-bond acceptors (Lipinski definition) is 7. The molecule has 3 aromatic carbocycles. The number of carbonyl (C=O) groups excluding carboxylic acids is 3. The summed E-state index contributed by atoms with van der Waals surface area (Å²) in [6, 6.07) is 17.3. The molecule has 2 N–H and O–H groups in total. The largest absolute Gasteiger partial charge is 0.483 e. The van der Waals surface area contributed by atoms with E-state index in [0.717, 1.165) is 32.3 Å². The first kappa shape index (κ1) is 32.3. The summed E-state index contributed by atoms with van der Waals surface area (Å²) in [5.41, 5.74) is 0.915. The molecule has 4 aliphatic rings. The van der Waals surface area contributed by atoms with Gasteiger partial charge in [-0.25, -0.2) is 0 Å². The number of carbonyl (C=O) groups is 3. The number of thioether (sulfide) groups is 1. The molecular weight excluding hydrogens is 743 g/mol. The predicted molar refractivity (Wildman–Crippen MR) is 182 cm³/mol. The lowest BCUT2D eigenvalue weighted by Crippen LogP contribution is -2.42. The smallest absolute Gasteiger partial charge is 0.418 e.